The molecule has 3 nitrogen and oxygen atoms in total. The minimum absolute atomic E-state index is 0.987. The van der Waals surface area contributed by atoms with E-state index >= 15 is 0 Å². The molecule has 82 valence electrons. The Morgan fingerprint density at radius 3 is 2.62 bits per heavy atom. The highest BCUT2D eigenvalue weighted by molar-refractivity contribution is 5.48. The molecule has 0 amide bonds. The van der Waals surface area contributed by atoms with Crippen LogP contribution in [0.1, 0.15) is 24.0 Å². The van der Waals surface area contributed by atoms with Crippen LogP contribution in [0.25, 0.3) is 11.8 Å². The van der Waals surface area contributed by atoms with Gasteiger partial charge in [0.2, 0.25) is 0 Å². The lowest BCUT2D eigenvalue weighted by Gasteiger charge is -2.06. The molecule has 2 heterocycles. The number of allylic oxidation sites excluding steroid dienone is 1. The lowest BCUT2D eigenvalue weighted by molar-refractivity contribution is 1.00. The second-order valence-electron chi connectivity index (χ2n) is 3.76. The summed E-state index contributed by atoms with van der Waals surface area (Å²) in [5.41, 5.74) is 4.08. The molecule has 0 bridgehead atoms. The van der Waals surface area contributed by atoms with Crippen molar-refractivity contribution in [2.24, 2.45) is 0 Å². The van der Waals surface area contributed by atoms with Gasteiger partial charge in [-0.05, 0) is 39.0 Å². The lowest BCUT2D eigenvalue weighted by Crippen LogP contribution is -1.97. The first kappa shape index (κ1) is 10.6. The molecule has 0 atom stereocenters. The number of aryl methyl sites for hydroxylation is 2. The molecule has 0 fully saturated rings. The third-order valence-corrected chi connectivity index (χ3v) is 2.41. The van der Waals surface area contributed by atoms with Crippen molar-refractivity contribution in [1.29, 1.82) is 0 Å². The van der Waals surface area contributed by atoms with Crippen LogP contribution in [0.5, 0.6) is 0 Å². The fourth-order valence-electron chi connectivity index (χ4n) is 1.66. The van der Waals surface area contributed by atoms with Crippen LogP contribution in [-0.2, 0) is 0 Å². The third kappa shape index (κ3) is 2.03. The van der Waals surface area contributed by atoms with Gasteiger partial charge in [0.05, 0.1) is 29.1 Å². The summed E-state index contributed by atoms with van der Waals surface area (Å²) in [6.45, 7) is 5.98. The Balaban J connectivity index is 2.43. The lowest BCUT2D eigenvalue weighted by atomic mass is 10.2. The second kappa shape index (κ2) is 4.31. The Labute approximate surface area is 95.5 Å². The van der Waals surface area contributed by atoms with Crippen molar-refractivity contribution in [2.75, 3.05) is 0 Å². The van der Waals surface area contributed by atoms with Gasteiger partial charge in [0.1, 0.15) is 0 Å². The zero-order valence-corrected chi connectivity index (χ0v) is 9.81. The van der Waals surface area contributed by atoms with Crippen LogP contribution in [0.2, 0.25) is 0 Å². The molecule has 0 aliphatic heterocycles. The molecule has 2 aromatic rings. The Morgan fingerprint density at radius 2 is 2.06 bits per heavy atom. The number of aromatic nitrogens is 3. The van der Waals surface area contributed by atoms with Gasteiger partial charge < -0.3 is 4.57 Å². The Bertz CT molecular complexity index is 524. The molecular formula is C13H15N3. The first-order valence-corrected chi connectivity index (χ1v) is 5.32. The molecule has 0 aromatic carbocycles. The van der Waals surface area contributed by atoms with E-state index in [2.05, 4.69) is 16.0 Å². The average molecular weight is 213 g/mol. The van der Waals surface area contributed by atoms with Gasteiger partial charge in [-0.15, -0.1) is 0 Å². The summed E-state index contributed by atoms with van der Waals surface area (Å²) in [6, 6.07) is 4.08. The van der Waals surface area contributed by atoms with E-state index < -0.39 is 0 Å². The molecule has 3 heteroatoms. The van der Waals surface area contributed by atoms with Crippen molar-refractivity contribution >= 4 is 6.08 Å². The Hall–Kier alpha value is -1.90. The smallest absolute Gasteiger partial charge is 0.0995 e. The molecule has 0 saturated heterocycles. The molecule has 0 aliphatic carbocycles. The molecule has 0 aliphatic rings. The number of imidazole rings is 1. The highest BCUT2D eigenvalue weighted by Crippen LogP contribution is 2.13. The quantitative estimate of drug-likeness (QED) is 0.768. The average Bonchev–Trinajstić information content (AvgIpc) is 2.65. The van der Waals surface area contributed by atoms with Crippen molar-refractivity contribution in [2.45, 2.75) is 20.8 Å². The second-order valence-corrected chi connectivity index (χ2v) is 3.76. The molecule has 0 spiro atoms. The van der Waals surface area contributed by atoms with Gasteiger partial charge in [-0.1, -0.05) is 6.08 Å². The van der Waals surface area contributed by atoms with Gasteiger partial charge in [0, 0.05) is 6.20 Å². The zero-order valence-electron chi connectivity index (χ0n) is 9.81. The number of hydrogen-bond acceptors (Lipinski definition) is 2. The number of nitrogens with zero attached hydrogens (tertiary/aromatic N) is 3. The number of pyridine rings is 1. The highest BCUT2D eigenvalue weighted by Gasteiger charge is 2.03. The Kier molecular flexibility index (Phi) is 2.86. The minimum Gasteiger partial charge on any atom is -0.304 e. The van der Waals surface area contributed by atoms with E-state index in [0.717, 1.165) is 22.8 Å². The van der Waals surface area contributed by atoms with Gasteiger partial charge in [-0.2, -0.15) is 0 Å². The maximum atomic E-state index is 4.51. The largest absolute Gasteiger partial charge is 0.304 e. The molecule has 2 rings (SSSR count). The van der Waals surface area contributed by atoms with Gasteiger partial charge in [-0.3, -0.25) is 4.98 Å². The number of hydrogen-bond donors (Lipinski definition) is 0. The van der Waals surface area contributed by atoms with Gasteiger partial charge in [0.25, 0.3) is 0 Å². The summed E-state index contributed by atoms with van der Waals surface area (Å²) < 4.78 is 2.00. The fraction of sp³-hybridized carbons (Fsp3) is 0.231. The SMILES string of the molecule is CC=Cc1ccc(-n2cnc(C)c2)c(C)n1. The maximum Gasteiger partial charge on any atom is 0.0995 e. The first-order chi connectivity index (χ1) is 7.70. The van der Waals surface area contributed by atoms with Crippen LogP contribution in [0, 0.1) is 13.8 Å². The number of rotatable bonds is 2. The van der Waals surface area contributed by atoms with E-state index in [-0.39, 0.29) is 0 Å². The van der Waals surface area contributed by atoms with Crippen molar-refractivity contribution in [3.8, 4) is 5.69 Å². The van der Waals surface area contributed by atoms with Crippen molar-refractivity contribution in [3.63, 3.8) is 0 Å². The predicted octanol–water partition coefficient (Wildman–Crippen LogP) is 2.92. The van der Waals surface area contributed by atoms with E-state index in [0.29, 0.717) is 0 Å². The van der Waals surface area contributed by atoms with Crippen LogP contribution < -0.4 is 0 Å². The molecule has 0 saturated carbocycles. The minimum atomic E-state index is 0.987. The van der Waals surface area contributed by atoms with E-state index in [9.17, 15) is 0 Å². The zero-order chi connectivity index (χ0) is 11.5. The monoisotopic (exact) mass is 213 g/mol. The summed E-state index contributed by atoms with van der Waals surface area (Å²) in [4.78, 5) is 8.73. The van der Waals surface area contributed by atoms with Crippen LogP contribution in [0.15, 0.2) is 30.7 Å². The van der Waals surface area contributed by atoms with Gasteiger partial charge in [-0.25, -0.2) is 4.98 Å². The van der Waals surface area contributed by atoms with Gasteiger partial charge in [0.15, 0.2) is 0 Å². The van der Waals surface area contributed by atoms with Crippen LogP contribution >= 0.6 is 0 Å². The summed E-state index contributed by atoms with van der Waals surface area (Å²) >= 11 is 0. The topological polar surface area (TPSA) is 30.7 Å². The van der Waals surface area contributed by atoms with Crippen molar-refractivity contribution in [3.05, 3.63) is 47.8 Å². The van der Waals surface area contributed by atoms with E-state index in [1.165, 1.54) is 0 Å². The van der Waals surface area contributed by atoms with Crippen molar-refractivity contribution in [1.82, 2.24) is 14.5 Å². The molecule has 2 aromatic heterocycles. The van der Waals surface area contributed by atoms with E-state index in [1.54, 1.807) is 0 Å². The molecular weight excluding hydrogens is 198 g/mol. The summed E-state index contributed by atoms with van der Waals surface area (Å²) in [7, 11) is 0. The molecule has 0 unspecified atom stereocenters. The highest BCUT2D eigenvalue weighted by atomic mass is 15.0. The normalized spacial score (nSPS) is 11.2. The summed E-state index contributed by atoms with van der Waals surface area (Å²) in [6.07, 6.45) is 7.80. The maximum absolute atomic E-state index is 4.51. The predicted molar refractivity (Wildman–Crippen MR) is 65.5 cm³/mol. The van der Waals surface area contributed by atoms with E-state index in [4.69, 9.17) is 0 Å². The summed E-state index contributed by atoms with van der Waals surface area (Å²) in [5.74, 6) is 0. The van der Waals surface area contributed by atoms with Crippen LogP contribution in [0.3, 0.4) is 0 Å². The standard InChI is InChI=1S/C13H15N3/c1-4-5-12-6-7-13(11(3)15-12)16-8-10(2)14-9-16/h4-9H,1-3H3. The molecule has 0 N–H and O–H groups in total. The van der Waals surface area contributed by atoms with E-state index in [1.807, 2.05) is 56.1 Å². The third-order valence-electron chi connectivity index (χ3n) is 2.41. The molecule has 0 radical (unpaired) electrons. The van der Waals surface area contributed by atoms with Crippen molar-refractivity contribution < 1.29 is 0 Å². The first-order valence-electron chi connectivity index (χ1n) is 5.32. The molecule has 16 heavy (non-hydrogen) atoms. The van der Waals surface area contributed by atoms with Crippen LogP contribution in [0.4, 0.5) is 0 Å². The van der Waals surface area contributed by atoms with Crippen LogP contribution in [-0.4, -0.2) is 14.5 Å². The summed E-state index contributed by atoms with van der Waals surface area (Å²) in [5, 5.41) is 0. The fourth-order valence-corrected chi connectivity index (χ4v) is 1.66. The van der Waals surface area contributed by atoms with Gasteiger partial charge >= 0.3 is 0 Å². The Morgan fingerprint density at radius 1 is 1.25 bits per heavy atom.